The Morgan fingerprint density at radius 2 is 2.18 bits per heavy atom. The topological polar surface area (TPSA) is 123 Å². The fraction of sp³-hybridized carbons (Fsp3) is 0.429. The molecule has 2 rings (SSSR count). The van der Waals surface area contributed by atoms with E-state index in [1.807, 2.05) is 0 Å². The van der Waals surface area contributed by atoms with Crippen LogP contribution < -0.4 is 4.74 Å². The Kier molecular flexibility index (Phi) is 4.65. The second kappa shape index (κ2) is 6.30. The molecule has 0 saturated carbocycles. The lowest BCUT2D eigenvalue weighted by atomic mass is 10.2. The van der Waals surface area contributed by atoms with Crippen molar-refractivity contribution >= 4 is 11.9 Å². The molecule has 2 unspecified atom stereocenters. The number of esters is 1. The molecule has 0 aliphatic carbocycles. The maximum atomic E-state index is 11.8. The van der Waals surface area contributed by atoms with E-state index in [-0.39, 0.29) is 30.9 Å². The van der Waals surface area contributed by atoms with Gasteiger partial charge in [0.25, 0.3) is 0 Å². The molecule has 8 heteroatoms. The Morgan fingerprint density at radius 3 is 2.77 bits per heavy atom. The molecular weight excluding hydrogens is 296 g/mol. The number of carboxylic acid groups (broad SMARTS) is 1. The van der Waals surface area contributed by atoms with Crippen molar-refractivity contribution in [2.45, 2.75) is 25.2 Å². The molecule has 1 aromatic rings. The summed E-state index contributed by atoms with van der Waals surface area (Å²) >= 11 is 0. The van der Waals surface area contributed by atoms with Gasteiger partial charge in [0.15, 0.2) is 5.79 Å². The molecule has 120 valence electrons. The summed E-state index contributed by atoms with van der Waals surface area (Å²) in [5.41, 5.74) is -0.362. The van der Waals surface area contributed by atoms with E-state index >= 15 is 0 Å². The molecule has 8 nitrogen and oxygen atoms in total. The number of hydrogen-bond acceptors (Lipinski definition) is 7. The Hall–Kier alpha value is -2.16. The van der Waals surface area contributed by atoms with Crippen LogP contribution >= 0.6 is 0 Å². The molecule has 22 heavy (non-hydrogen) atoms. The monoisotopic (exact) mass is 312 g/mol. The summed E-state index contributed by atoms with van der Waals surface area (Å²) in [6.45, 7) is 1.36. The van der Waals surface area contributed by atoms with Gasteiger partial charge in [-0.05, 0) is 25.1 Å². The lowest BCUT2D eigenvalue weighted by Gasteiger charge is -2.19. The quantitative estimate of drug-likeness (QED) is 0.531. The number of aliphatic hydroxyl groups excluding tert-OH is 1. The van der Waals surface area contributed by atoms with Crippen LogP contribution in [0.15, 0.2) is 18.2 Å². The number of benzene rings is 1. The minimum Gasteiger partial charge on any atom is -0.507 e. The highest BCUT2D eigenvalue weighted by Crippen LogP contribution is 2.26. The van der Waals surface area contributed by atoms with Gasteiger partial charge >= 0.3 is 11.9 Å². The zero-order chi connectivity index (χ0) is 16.3. The van der Waals surface area contributed by atoms with Gasteiger partial charge in [0.1, 0.15) is 17.1 Å². The van der Waals surface area contributed by atoms with Crippen LogP contribution in [0.5, 0.6) is 11.5 Å². The second-order valence-electron chi connectivity index (χ2n) is 5.01. The fourth-order valence-corrected chi connectivity index (χ4v) is 1.98. The first-order chi connectivity index (χ1) is 10.3. The van der Waals surface area contributed by atoms with Gasteiger partial charge in [-0.25, -0.2) is 4.79 Å². The van der Waals surface area contributed by atoms with Crippen LogP contribution in [0, 0.1) is 0 Å². The summed E-state index contributed by atoms with van der Waals surface area (Å²) in [4.78, 5) is 22.7. The van der Waals surface area contributed by atoms with E-state index < -0.39 is 29.6 Å². The van der Waals surface area contributed by atoms with Gasteiger partial charge < -0.3 is 29.5 Å². The maximum Gasteiger partial charge on any atom is 0.339 e. The van der Waals surface area contributed by atoms with Crippen LogP contribution in [0.4, 0.5) is 0 Å². The molecule has 1 aromatic carbocycles. The zero-order valence-corrected chi connectivity index (χ0v) is 11.8. The van der Waals surface area contributed by atoms with Gasteiger partial charge in [0.2, 0.25) is 0 Å². The number of ether oxygens (including phenoxy) is 3. The minimum absolute atomic E-state index is 0.00374. The highest BCUT2D eigenvalue weighted by atomic mass is 16.8. The van der Waals surface area contributed by atoms with Gasteiger partial charge in [0, 0.05) is 0 Å². The molecular formula is C14H16O8. The molecule has 0 aromatic heterocycles. The van der Waals surface area contributed by atoms with Crippen molar-refractivity contribution < 1.29 is 39.1 Å². The zero-order valence-electron chi connectivity index (χ0n) is 11.8. The molecule has 3 N–H and O–H groups in total. The van der Waals surface area contributed by atoms with E-state index in [2.05, 4.69) is 0 Å². The third-order valence-corrected chi connectivity index (χ3v) is 3.10. The summed E-state index contributed by atoms with van der Waals surface area (Å²) < 4.78 is 15.6. The SMILES string of the molecule is CC1(CO)OCC(CC(=O)Oc2ccc(O)c(C(=O)O)c2)O1. The largest absolute Gasteiger partial charge is 0.507 e. The first kappa shape index (κ1) is 16.2. The Labute approximate surface area is 125 Å². The summed E-state index contributed by atoms with van der Waals surface area (Å²) in [6, 6.07) is 3.47. The lowest BCUT2D eigenvalue weighted by molar-refractivity contribution is -0.180. The van der Waals surface area contributed by atoms with E-state index in [9.17, 15) is 14.7 Å². The van der Waals surface area contributed by atoms with Gasteiger partial charge in [-0.15, -0.1) is 0 Å². The van der Waals surface area contributed by atoms with Crippen molar-refractivity contribution in [2.75, 3.05) is 13.2 Å². The molecule has 0 amide bonds. The Balaban J connectivity index is 1.96. The standard InChI is InChI=1S/C14H16O8/c1-14(7-15)20-6-9(22-14)5-12(17)21-8-2-3-11(16)10(4-8)13(18)19/h2-4,9,15-16H,5-7H2,1H3,(H,18,19). The van der Waals surface area contributed by atoms with Crippen molar-refractivity contribution in [2.24, 2.45) is 0 Å². The first-order valence-corrected chi connectivity index (χ1v) is 6.52. The van der Waals surface area contributed by atoms with Crippen molar-refractivity contribution in [3.8, 4) is 11.5 Å². The van der Waals surface area contributed by atoms with Gasteiger partial charge in [0.05, 0.1) is 25.7 Å². The van der Waals surface area contributed by atoms with Crippen LogP contribution in [0.2, 0.25) is 0 Å². The first-order valence-electron chi connectivity index (χ1n) is 6.52. The van der Waals surface area contributed by atoms with E-state index in [0.717, 1.165) is 12.1 Å². The molecule has 0 radical (unpaired) electrons. The maximum absolute atomic E-state index is 11.8. The van der Waals surface area contributed by atoms with Crippen molar-refractivity contribution in [1.29, 1.82) is 0 Å². The Morgan fingerprint density at radius 1 is 1.45 bits per heavy atom. The molecule has 0 spiro atoms. The predicted octanol–water partition coefficient (Wildman–Crippen LogP) is 0.510. The van der Waals surface area contributed by atoms with E-state index in [1.54, 1.807) is 6.92 Å². The number of aromatic hydroxyl groups is 1. The average molecular weight is 312 g/mol. The third-order valence-electron chi connectivity index (χ3n) is 3.10. The summed E-state index contributed by atoms with van der Waals surface area (Å²) in [6.07, 6.45) is -0.667. The normalized spacial score (nSPS) is 24.2. The van der Waals surface area contributed by atoms with E-state index in [0.29, 0.717) is 0 Å². The number of carbonyl (C=O) groups is 2. The summed E-state index contributed by atoms with van der Waals surface area (Å²) in [5, 5.41) is 27.3. The number of carboxylic acids is 1. The van der Waals surface area contributed by atoms with Crippen molar-refractivity contribution in [3.05, 3.63) is 23.8 Å². The lowest BCUT2D eigenvalue weighted by Crippen LogP contribution is -2.31. The van der Waals surface area contributed by atoms with Gasteiger partial charge in [-0.1, -0.05) is 0 Å². The average Bonchev–Trinajstić information content (AvgIpc) is 2.82. The van der Waals surface area contributed by atoms with Gasteiger partial charge in [-0.3, -0.25) is 4.79 Å². The highest BCUT2D eigenvalue weighted by molar-refractivity contribution is 5.91. The smallest absolute Gasteiger partial charge is 0.339 e. The molecule has 1 aliphatic rings. The van der Waals surface area contributed by atoms with Crippen molar-refractivity contribution in [1.82, 2.24) is 0 Å². The fourth-order valence-electron chi connectivity index (χ4n) is 1.98. The van der Waals surface area contributed by atoms with Crippen LogP contribution in [-0.4, -0.2) is 52.4 Å². The summed E-state index contributed by atoms with van der Waals surface area (Å²) in [5.74, 6) is -3.51. The molecule has 2 atom stereocenters. The number of hydrogen-bond donors (Lipinski definition) is 3. The molecule has 1 heterocycles. The third kappa shape index (κ3) is 3.73. The minimum atomic E-state index is -1.33. The second-order valence-corrected chi connectivity index (χ2v) is 5.01. The van der Waals surface area contributed by atoms with Crippen molar-refractivity contribution in [3.63, 3.8) is 0 Å². The van der Waals surface area contributed by atoms with Crippen LogP contribution in [0.3, 0.4) is 0 Å². The molecule has 1 aliphatic heterocycles. The molecule has 0 bridgehead atoms. The van der Waals surface area contributed by atoms with Gasteiger partial charge in [-0.2, -0.15) is 0 Å². The predicted molar refractivity (Wildman–Crippen MR) is 71.6 cm³/mol. The van der Waals surface area contributed by atoms with Crippen LogP contribution in [0.1, 0.15) is 23.7 Å². The van der Waals surface area contributed by atoms with Crippen LogP contribution in [0.25, 0.3) is 0 Å². The number of aliphatic hydroxyl groups is 1. The number of rotatable bonds is 5. The highest BCUT2D eigenvalue weighted by Gasteiger charge is 2.37. The van der Waals surface area contributed by atoms with E-state index in [1.165, 1.54) is 6.07 Å². The Bertz CT molecular complexity index is 584. The molecule has 1 fully saturated rings. The number of aromatic carboxylic acids is 1. The van der Waals surface area contributed by atoms with E-state index in [4.69, 9.17) is 24.4 Å². The number of carbonyl (C=O) groups excluding carboxylic acids is 1. The number of phenols is 1. The summed E-state index contributed by atoms with van der Waals surface area (Å²) in [7, 11) is 0. The molecule has 1 saturated heterocycles. The van der Waals surface area contributed by atoms with Crippen LogP contribution in [-0.2, 0) is 14.3 Å².